The Balaban J connectivity index is 1.79. The van der Waals surface area contributed by atoms with Crippen LogP contribution in [-0.4, -0.2) is 38.6 Å². The van der Waals surface area contributed by atoms with Gasteiger partial charge in [-0.3, -0.25) is 9.59 Å². The van der Waals surface area contributed by atoms with E-state index in [1.54, 1.807) is 25.3 Å². The molecule has 0 saturated carbocycles. The van der Waals surface area contributed by atoms with Gasteiger partial charge in [0.2, 0.25) is 5.91 Å². The number of hydrogen-bond acceptors (Lipinski definition) is 4. The lowest BCUT2D eigenvalue weighted by atomic mass is 10.2. The Hall–Kier alpha value is -2.86. The molecule has 0 radical (unpaired) electrons. The fraction of sp³-hybridized carbons (Fsp3) is 0.263. The van der Waals surface area contributed by atoms with Gasteiger partial charge in [0, 0.05) is 31.5 Å². The molecule has 0 aliphatic carbocycles. The summed E-state index contributed by atoms with van der Waals surface area (Å²) in [4.78, 5) is 23.9. The molecule has 0 aliphatic rings. The number of anilines is 1. The second kappa shape index (κ2) is 10.1. The van der Waals surface area contributed by atoms with Crippen LogP contribution in [0.4, 0.5) is 5.69 Å². The first-order chi connectivity index (χ1) is 12.2. The van der Waals surface area contributed by atoms with Crippen LogP contribution in [0.15, 0.2) is 54.6 Å². The van der Waals surface area contributed by atoms with Crippen molar-refractivity contribution in [3.8, 4) is 0 Å². The van der Waals surface area contributed by atoms with E-state index in [9.17, 15) is 9.59 Å². The van der Waals surface area contributed by atoms with Gasteiger partial charge in [0.05, 0.1) is 13.2 Å². The van der Waals surface area contributed by atoms with Crippen molar-refractivity contribution in [2.75, 3.05) is 32.1 Å². The third-order valence-electron chi connectivity index (χ3n) is 3.50. The van der Waals surface area contributed by atoms with E-state index in [2.05, 4.69) is 16.0 Å². The summed E-state index contributed by atoms with van der Waals surface area (Å²) < 4.78 is 4.90. The molecular weight excluding hydrogens is 318 g/mol. The zero-order valence-corrected chi connectivity index (χ0v) is 14.2. The second-order valence-electron chi connectivity index (χ2n) is 5.45. The molecule has 2 amide bonds. The maximum absolute atomic E-state index is 12.0. The van der Waals surface area contributed by atoms with Gasteiger partial charge in [-0.05, 0) is 23.8 Å². The highest BCUT2D eigenvalue weighted by molar-refractivity contribution is 5.95. The third kappa shape index (κ3) is 6.64. The van der Waals surface area contributed by atoms with Gasteiger partial charge in [0.25, 0.3) is 5.91 Å². The van der Waals surface area contributed by atoms with Gasteiger partial charge in [-0.1, -0.05) is 36.4 Å². The Labute approximate surface area is 147 Å². The molecular formula is C19H23N3O3. The summed E-state index contributed by atoms with van der Waals surface area (Å²) in [5.41, 5.74) is 2.30. The molecule has 0 spiro atoms. The van der Waals surface area contributed by atoms with E-state index < -0.39 is 0 Å². The number of ether oxygens (including phenoxy) is 1. The van der Waals surface area contributed by atoms with Gasteiger partial charge in [-0.25, -0.2) is 0 Å². The summed E-state index contributed by atoms with van der Waals surface area (Å²) in [6, 6.07) is 16.7. The molecule has 2 aromatic rings. The Morgan fingerprint density at radius 3 is 2.56 bits per heavy atom. The summed E-state index contributed by atoms with van der Waals surface area (Å²) >= 11 is 0. The van der Waals surface area contributed by atoms with Gasteiger partial charge >= 0.3 is 0 Å². The average molecular weight is 341 g/mol. The smallest absolute Gasteiger partial charge is 0.251 e. The van der Waals surface area contributed by atoms with Gasteiger partial charge in [0.1, 0.15) is 0 Å². The summed E-state index contributed by atoms with van der Waals surface area (Å²) in [5, 5.41) is 8.63. The van der Waals surface area contributed by atoms with Crippen molar-refractivity contribution in [3.63, 3.8) is 0 Å². The number of carbonyl (C=O) groups excluding carboxylic acids is 2. The van der Waals surface area contributed by atoms with Crippen LogP contribution in [-0.2, 0) is 16.1 Å². The van der Waals surface area contributed by atoms with E-state index in [1.165, 1.54) is 0 Å². The monoisotopic (exact) mass is 341 g/mol. The number of methoxy groups -OCH3 is 1. The molecule has 0 saturated heterocycles. The molecule has 0 heterocycles. The highest BCUT2D eigenvalue weighted by atomic mass is 16.5. The lowest BCUT2D eigenvalue weighted by Gasteiger charge is -2.10. The fourth-order valence-corrected chi connectivity index (χ4v) is 2.18. The first-order valence-corrected chi connectivity index (χ1v) is 8.10. The first-order valence-electron chi connectivity index (χ1n) is 8.10. The largest absolute Gasteiger partial charge is 0.383 e. The molecule has 0 aromatic heterocycles. The number of hydrogen-bond donors (Lipinski definition) is 3. The summed E-state index contributed by atoms with van der Waals surface area (Å²) in [5.74, 6) is -0.284. The van der Waals surface area contributed by atoms with Crippen molar-refractivity contribution in [1.82, 2.24) is 10.6 Å². The van der Waals surface area contributed by atoms with E-state index in [1.807, 2.05) is 36.4 Å². The van der Waals surface area contributed by atoms with Crippen molar-refractivity contribution < 1.29 is 14.3 Å². The zero-order chi connectivity index (χ0) is 17.9. The van der Waals surface area contributed by atoms with Crippen molar-refractivity contribution in [2.24, 2.45) is 0 Å². The molecule has 0 unspecified atom stereocenters. The maximum Gasteiger partial charge on any atom is 0.251 e. The maximum atomic E-state index is 12.0. The summed E-state index contributed by atoms with van der Waals surface area (Å²) in [7, 11) is 1.58. The quantitative estimate of drug-likeness (QED) is 0.608. The number of amides is 2. The standard InChI is InChI=1S/C19H23N3O3/c1-25-11-10-20-19(24)16-8-5-9-17(12-16)21-14-18(23)22-13-15-6-3-2-4-7-15/h2-9,12,21H,10-11,13-14H2,1H3,(H,20,24)(H,22,23). The SMILES string of the molecule is COCCNC(=O)c1cccc(NCC(=O)NCc2ccccc2)c1. The molecule has 2 rings (SSSR count). The number of nitrogens with one attached hydrogen (secondary N) is 3. The van der Waals surface area contributed by atoms with Gasteiger partial charge in [0.15, 0.2) is 0 Å². The summed E-state index contributed by atoms with van der Waals surface area (Å²) in [6.07, 6.45) is 0. The minimum Gasteiger partial charge on any atom is -0.383 e. The van der Waals surface area contributed by atoms with E-state index in [-0.39, 0.29) is 18.4 Å². The van der Waals surface area contributed by atoms with E-state index in [0.717, 1.165) is 5.56 Å². The molecule has 3 N–H and O–H groups in total. The number of benzene rings is 2. The van der Waals surface area contributed by atoms with E-state index >= 15 is 0 Å². The first kappa shape index (κ1) is 18.5. The Morgan fingerprint density at radius 2 is 1.80 bits per heavy atom. The lowest BCUT2D eigenvalue weighted by molar-refractivity contribution is -0.119. The summed E-state index contributed by atoms with van der Waals surface area (Å²) in [6.45, 7) is 1.55. The van der Waals surface area contributed by atoms with Gasteiger partial charge < -0.3 is 20.7 Å². The molecule has 6 heteroatoms. The van der Waals surface area contributed by atoms with Crippen LogP contribution in [0.2, 0.25) is 0 Å². The third-order valence-corrected chi connectivity index (χ3v) is 3.50. The average Bonchev–Trinajstić information content (AvgIpc) is 2.66. The minimum absolute atomic E-state index is 0.112. The zero-order valence-electron chi connectivity index (χ0n) is 14.2. The van der Waals surface area contributed by atoms with Crippen LogP contribution in [0.3, 0.4) is 0 Å². The van der Waals surface area contributed by atoms with Crippen LogP contribution in [0.25, 0.3) is 0 Å². The van der Waals surface area contributed by atoms with E-state index in [0.29, 0.717) is 30.9 Å². The second-order valence-corrected chi connectivity index (χ2v) is 5.45. The Kier molecular flexibility index (Phi) is 7.46. The van der Waals surface area contributed by atoms with Crippen LogP contribution < -0.4 is 16.0 Å². The molecule has 132 valence electrons. The molecule has 0 bridgehead atoms. The predicted molar refractivity (Wildman–Crippen MR) is 97.4 cm³/mol. The highest BCUT2D eigenvalue weighted by Gasteiger charge is 2.06. The Morgan fingerprint density at radius 1 is 1.00 bits per heavy atom. The van der Waals surface area contributed by atoms with Crippen LogP contribution >= 0.6 is 0 Å². The van der Waals surface area contributed by atoms with Crippen molar-refractivity contribution in [2.45, 2.75) is 6.54 Å². The van der Waals surface area contributed by atoms with Crippen molar-refractivity contribution >= 4 is 17.5 Å². The molecule has 6 nitrogen and oxygen atoms in total. The van der Waals surface area contributed by atoms with Crippen LogP contribution in [0.5, 0.6) is 0 Å². The normalized spacial score (nSPS) is 10.1. The predicted octanol–water partition coefficient (Wildman–Crippen LogP) is 1.79. The molecule has 0 atom stereocenters. The molecule has 0 aliphatic heterocycles. The fourth-order valence-electron chi connectivity index (χ4n) is 2.18. The number of carbonyl (C=O) groups is 2. The molecule has 25 heavy (non-hydrogen) atoms. The van der Waals surface area contributed by atoms with Gasteiger partial charge in [-0.15, -0.1) is 0 Å². The van der Waals surface area contributed by atoms with Crippen LogP contribution in [0, 0.1) is 0 Å². The van der Waals surface area contributed by atoms with Crippen LogP contribution in [0.1, 0.15) is 15.9 Å². The number of rotatable bonds is 9. The Bertz CT molecular complexity index is 689. The lowest BCUT2D eigenvalue weighted by Crippen LogP contribution is -2.29. The van der Waals surface area contributed by atoms with E-state index in [4.69, 9.17) is 4.74 Å². The van der Waals surface area contributed by atoms with Gasteiger partial charge in [-0.2, -0.15) is 0 Å². The topological polar surface area (TPSA) is 79.5 Å². The van der Waals surface area contributed by atoms with Crippen molar-refractivity contribution in [3.05, 3.63) is 65.7 Å². The molecule has 0 fully saturated rings. The van der Waals surface area contributed by atoms with Crippen molar-refractivity contribution in [1.29, 1.82) is 0 Å². The molecule has 2 aromatic carbocycles. The minimum atomic E-state index is -0.172. The highest BCUT2D eigenvalue weighted by Crippen LogP contribution is 2.10.